The molecule has 0 aromatic heterocycles. The fraction of sp³-hybridized carbons (Fsp3) is 0.0769. The van der Waals surface area contributed by atoms with Crippen molar-refractivity contribution < 1.29 is 21.6 Å². The normalized spacial score (nSPS) is 11.7. The SMILES string of the molecule is O=S(=O)(c1ccccc1Nc1ccc(F)c(Cl)c1)C(F)F. The van der Waals surface area contributed by atoms with Crippen LogP contribution in [0.4, 0.5) is 24.5 Å². The summed E-state index contributed by atoms with van der Waals surface area (Å²) in [5.74, 6) is -4.17. The summed E-state index contributed by atoms with van der Waals surface area (Å²) in [6.07, 6.45) is 0. The number of sulfone groups is 1. The fourth-order valence-corrected chi connectivity index (χ4v) is 2.71. The Hall–Kier alpha value is -1.73. The molecule has 112 valence electrons. The van der Waals surface area contributed by atoms with Gasteiger partial charge in [0, 0.05) is 5.69 Å². The van der Waals surface area contributed by atoms with E-state index in [1.165, 1.54) is 30.3 Å². The largest absolute Gasteiger partial charge is 0.354 e. The standard InChI is InChI=1S/C13H9ClF3NO2S/c14-9-7-8(5-6-10(9)15)18-11-3-1-2-4-12(11)21(19,20)13(16)17/h1-7,13,18H. The van der Waals surface area contributed by atoms with Gasteiger partial charge in [0.15, 0.2) is 0 Å². The number of rotatable bonds is 4. The summed E-state index contributed by atoms with van der Waals surface area (Å²) in [5, 5.41) is 2.47. The van der Waals surface area contributed by atoms with Crippen LogP contribution in [-0.2, 0) is 9.84 Å². The van der Waals surface area contributed by atoms with E-state index in [2.05, 4.69) is 5.32 Å². The van der Waals surface area contributed by atoms with Gasteiger partial charge in [-0.15, -0.1) is 0 Å². The van der Waals surface area contributed by atoms with E-state index in [-0.39, 0.29) is 16.4 Å². The van der Waals surface area contributed by atoms with E-state index in [1.54, 1.807) is 0 Å². The molecular formula is C13H9ClF3NO2S. The Kier molecular flexibility index (Phi) is 4.43. The van der Waals surface area contributed by atoms with Crippen molar-refractivity contribution in [1.82, 2.24) is 0 Å². The van der Waals surface area contributed by atoms with Gasteiger partial charge in [-0.05, 0) is 30.3 Å². The van der Waals surface area contributed by atoms with Gasteiger partial charge in [0.25, 0.3) is 0 Å². The van der Waals surface area contributed by atoms with Crippen molar-refractivity contribution in [2.45, 2.75) is 10.7 Å². The summed E-state index contributed by atoms with van der Waals surface area (Å²) >= 11 is 5.61. The quantitative estimate of drug-likeness (QED) is 0.910. The molecule has 0 spiro atoms. The average Bonchev–Trinajstić information content (AvgIpc) is 2.43. The highest BCUT2D eigenvalue weighted by atomic mass is 35.5. The molecule has 0 amide bonds. The molecule has 0 heterocycles. The lowest BCUT2D eigenvalue weighted by Crippen LogP contribution is -2.13. The van der Waals surface area contributed by atoms with Gasteiger partial charge >= 0.3 is 5.76 Å². The minimum absolute atomic E-state index is 0.0412. The minimum atomic E-state index is -4.75. The molecular weight excluding hydrogens is 327 g/mol. The molecule has 3 nitrogen and oxygen atoms in total. The van der Waals surface area contributed by atoms with Gasteiger partial charge in [0.05, 0.1) is 15.6 Å². The summed E-state index contributed by atoms with van der Waals surface area (Å²) in [5.41, 5.74) is 0.235. The van der Waals surface area contributed by atoms with E-state index in [9.17, 15) is 21.6 Å². The van der Waals surface area contributed by atoms with E-state index < -0.39 is 26.3 Å². The van der Waals surface area contributed by atoms with Crippen molar-refractivity contribution in [3.8, 4) is 0 Å². The third-order valence-electron chi connectivity index (χ3n) is 2.63. The van der Waals surface area contributed by atoms with Crippen molar-refractivity contribution in [1.29, 1.82) is 0 Å². The summed E-state index contributed by atoms with van der Waals surface area (Å²) in [7, 11) is -4.75. The van der Waals surface area contributed by atoms with Gasteiger partial charge in [0.1, 0.15) is 5.82 Å². The second-order valence-corrected chi connectivity index (χ2v) is 6.35. The Morgan fingerprint density at radius 3 is 2.38 bits per heavy atom. The van der Waals surface area contributed by atoms with Crippen LogP contribution in [0, 0.1) is 5.82 Å². The van der Waals surface area contributed by atoms with Crippen molar-refractivity contribution >= 4 is 32.8 Å². The molecule has 21 heavy (non-hydrogen) atoms. The molecule has 8 heteroatoms. The highest BCUT2D eigenvalue weighted by Crippen LogP contribution is 2.29. The van der Waals surface area contributed by atoms with E-state index >= 15 is 0 Å². The van der Waals surface area contributed by atoms with E-state index in [0.29, 0.717) is 0 Å². The van der Waals surface area contributed by atoms with Gasteiger partial charge in [-0.25, -0.2) is 12.8 Å². The maximum absolute atomic E-state index is 13.1. The summed E-state index contributed by atoms with van der Waals surface area (Å²) < 4.78 is 61.5. The highest BCUT2D eigenvalue weighted by molar-refractivity contribution is 7.91. The first-order valence-corrected chi connectivity index (χ1v) is 7.58. The van der Waals surface area contributed by atoms with Gasteiger partial charge in [0.2, 0.25) is 9.84 Å². The molecule has 0 aliphatic rings. The molecule has 0 unspecified atom stereocenters. The maximum atomic E-state index is 13.1. The average molecular weight is 336 g/mol. The number of hydrogen-bond donors (Lipinski definition) is 1. The smallest absolute Gasteiger partial charge is 0.341 e. The lowest BCUT2D eigenvalue weighted by atomic mass is 10.2. The van der Waals surface area contributed by atoms with Crippen molar-refractivity contribution in [2.75, 3.05) is 5.32 Å². The first-order valence-electron chi connectivity index (χ1n) is 5.65. The third kappa shape index (κ3) is 3.30. The molecule has 0 aliphatic carbocycles. The summed E-state index contributed by atoms with van der Waals surface area (Å²) in [6, 6.07) is 8.82. The predicted octanol–water partition coefficient (Wildman–Crippen LogP) is 4.22. The second kappa shape index (κ2) is 5.95. The Bertz CT molecular complexity index is 766. The maximum Gasteiger partial charge on any atom is 0.341 e. The molecule has 2 aromatic rings. The zero-order valence-corrected chi connectivity index (χ0v) is 11.9. The van der Waals surface area contributed by atoms with Crippen molar-refractivity contribution in [3.05, 3.63) is 53.3 Å². The zero-order chi connectivity index (χ0) is 15.6. The van der Waals surface area contributed by atoms with E-state index in [0.717, 1.165) is 12.1 Å². The number of para-hydroxylation sites is 1. The number of nitrogens with one attached hydrogen (secondary N) is 1. The zero-order valence-electron chi connectivity index (χ0n) is 10.4. The number of alkyl halides is 2. The Morgan fingerprint density at radius 1 is 1.10 bits per heavy atom. The van der Waals surface area contributed by atoms with Crippen LogP contribution < -0.4 is 5.32 Å². The number of halogens is 4. The Labute approximate surface area is 124 Å². The van der Waals surface area contributed by atoms with Gasteiger partial charge < -0.3 is 5.32 Å². The van der Waals surface area contributed by atoms with Gasteiger partial charge in [-0.1, -0.05) is 23.7 Å². The highest BCUT2D eigenvalue weighted by Gasteiger charge is 2.29. The summed E-state index contributed by atoms with van der Waals surface area (Å²) in [4.78, 5) is -0.541. The molecule has 2 rings (SSSR count). The number of anilines is 2. The molecule has 0 fully saturated rings. The molecule has 0 saturated carbocycles. The predicted molar refractivity (Wildman–Crippen MR) is 74.3 cm³/mol. The molecule has 0 aliphatic heterocycles. The first kappa shape index (κ1) is 15.7. The molecule has 2 aromatic carbocycles. The monoisotopic (exact) mass is 335 g/mol. The number of hydrogen-bond acceptors (Lipinski definition) is 3. The van der Waals surface area contributed by atoms with Crippen LogP contribution >= 0.6 is 11.6 Å². The molecule has 1 N–H and O–H groups in total. The molecule has 0 saturated heterocycles. The topological polar surface area (TPSA) is 46.2 Å². The van der Waals surface area contributed by atoms with Crippen LogP contribution in [-0.4, -0.2) is 14.2 Å². The van der Waals surface area contributed by atoms with Crippen LogP contribution in [0.1, 0.15) is 0 Å². The van der Waals surface area contributed by atoms with Crippen LogP contribution in [0.15, 0.2) is 47.4 Å². The van der Waals surface area contributed by atoms with Crippen LogP contribution in [0.5, 0.6) is 0 Å². The van der Waals surface area contributed by atoms with Crippen LogP contribution in [0.3, 0.4) is 0 Å². The van der Waals surface area contributed by atoms with Gasteiger partial charge in [-0.2, -0.15) is 8.78 Å². The summed E-state index contributed by atoms with van der Waals surface area (Å²) in [6.45, 7) is 0. The van der Waals surface area contributed by atoms with Gasteiger partial charge in [-0.3, -0.25) is 0 Å². The lowest BCUT2D eigenvalue weighted by molar-refractivity contribution is 0.235. The van der Waals surface area contributed by atoms with Crippen LogP contribution in [0.25, 0.3) is 0 Å². The fourth-order valence-electron chi connectivity index (χ4n) is 1.64. The molecule has 0 bridgehead atoms. The van der Waals surface area contributed by atoms with Crippen molar-refractivity contribution in [3.63, 3.8) is 0 Å². The Balaban J connectivity index is 2.44. The minimum Gasteiger partial charge on any atom is -0.354 e. The number of benzene rings is 2. The van der Waals surface area contributed by atoms with Crippen molar-refractivity contribution in [2.24, 2.45) is 0 Å². The van der Waals surface area contributed by atoms with E-state index in [1.807, 2.05) is 0 Å². The lowest BCUT2D eigenvalue weighted by Gasteiger charge is -2.12. The second-order valence-electron chi connectivity index (χ2n) is 4.06. The third-order valence-corrected chi connectivity index (χ3v) is 4.35. The molecule has 0 radical (unpaired) electrons. The van der Waals surface area contributed by atoms with Crippen LogP contribution in [0.2, 0.25) is 5.02 Å². The van der Waals surface area contributed by atoms with E-state index in [4.69, 9.17) is 11.6 Å². The first-order chi connectivity index (χ1) is 9.82. The molecule has 0 atom stereocenters. The Morgan fingerprint density at radius 2 is 1.76 bits per heavy atom.